The van der Waals surface area contributed by atoms with Crippen molar-refractivity contribution in [2.75, 3.05) is 0 Å². The molecule has 0 aromatic rings. The van der Waals surface area contributed by atoms with Gasteiger partial charge in [0.15, 0.2) is 0 Å². The molecular weight excluding hydrogens is 300 g/mol. The molecule has 0 spiro atoms. The number of halogens is 1. The van der Waals surface area contributed by atoms with Gasteiger partial charge in [-0.2, -0.15) is 0 Å². The normalized spacial score (nSPS) is 5.68. The van der Waals surface area contributed by atoms with Crippen molar-refractivity contribution < 1.29 is 124 Å². The Kier molecular flexibility index (Phi) is 82.7. The minimum absolute atomic E-state index is 0. The zero-order chi connectivity index (χ0) is 14.3. The fourth-order valence-electron chi connectivity index (χ4n) is 0. The molecule has 11 N–H and O–H groups in total. The topological polar surface area (TPSA) is 246 Å². The van der Waals surface area contributed by atoms with Gasteiger partial charge < -0.3 is 65.0 Å². The summed E-state index contributed by atoms with van der Waals surface area (Å²) in [6.07, 6.45) is 0. The molecule has 12 nitrogen and oxygen atoms in total. The molecule has 0 unspecified atom stereocenters. The van der Waals surface area contributed by atoms with Crippen LogP contribution in [0.4, 0.5) is 0 Å². The number of rotatable bonds is 0. The van der Waals surface area contributed by atoms with Gasteiger partial charge in [0, 0.05) is 0 Å². The Bertz CT molecular complexity index is 70.7. The summed E-state index contributed by atoms with van der Waals surface area (Å²) in [7, 11) is -8.92. The summed E-state index contributed by atoms with van der Waals surface area (Å²) in [6.45, 7) is 0. The van der Waals surface area contributed by atoms with Gasteiger partial charge in [-0.05, 0) is 0 Å². The van der Waals surface area contributed by atoms with Crippen LogP contribution >= 0.6 is 0 Å². The van der Waals surface area contributed by atoms with Crippen molar-refractivity contribution in [3.63, 3.8) is 0 Å². The van der Waals surface area contributed by atoms with Gasteiger partial charge in [0.25, 0.3) is 0 Å². The molecule has 0 heterocycles. The molecule has 0 amide bonds. The van der Waals surface area contributed by atoms with Gasteiger partial charge in [-0.1, -0.05) is 0 Å². The fraction of sp³-hybridized carbons (Fsp3) is 0. The molecule has 19 heteroatoms. The average molecular weight is 311 g/mol. The monoisotopic (exact) mass is 312 g/mol. The Balaban J connectivity index is -0.0000000192. The number of hydrogen-bond acceptors (Lipinski definition) is 12. The fourth-order valence-corrected chi connectivity index (χ4v) is 0. The second-order valence-electron chi connectivity index (χ2n) is 1.37. The molecule has 0 aromatic carbocycles. The van der Waals surface area contributed by atoms with Crippen LogP contribution in [0.3, 0.4) is 0 Å². The summed E-state index contributed by atoms with van der Waals surface area (Å²) in [4.78, 5) is 0. The van der Waals surface area contributed by atoms with Crippen molar-refractivity contribution in [3.05, 3.63) is 0 Å². The Morgan fingerprint density at radius 3 is 0.474 bits per heavy atom. The zero-order valence-corrected chi connectivity index (χ0v) is 14.0. The summed E-state index contributed by atoms with van der Waals surface area (Å²) in [5, 5.41) is 87.2. The molecule has 0 aromatic heterocycles. The second kappa shape index (κ2) is 36.7. The maximum absolute atomic E-state index is 8.64. The molecule has 0 aliphatic carbocycles. The first-order chi connectivity index (χ1) is 6.93. The summed E-state index contributed by atoms with van der Waals surface area (Å²) < 4.78 is 0. The van der Waals surface area contributed by atoms with Crippen LogP contribution in [0.1, 0.15) is 0 Å². The van der Waals surface area contributed by atoms with E-state index in [0.717, 1.165) is 0 Å². The van der Waals surface area contributed by atoms with Crippen molar-refractivity contribution in [1.82, 2.24) is 0 Å². The van der Waals surface area contributed by atoms with Gasteiger partial charge in [0.05, 0.1) is 0 Å². The van der Waals surface area contributed by atoms with Crippen molar-refractivity contribution in [2.24, 2.45) is 0 Å². The summed E-state index contributed by atoms with van der Waals surface area (Å²) >= 11 is 0. The first-order valence-corrected chi connectivity index (χ1v) is 3.08. The van der Waals surface area contributed by atoms with E-state index >= 15 is 0 Å². The van der Waals surface area contributed by atoms with E-state index in [1.54, 1.807) is 0 Å². The zero-order valence-electron chi connectivity index (χ0n) is 10.0. The van der Waals surface area contributed by atoms with E-state index in [0.29, 0.717) is 0 Å². The van der Waals surface area contributed by atoms with Crippen LogP contribution in [0.2, 0.25) is 0 Å². The molecule has 0 saturated carbocycles. The minimum Gasteiger partial charge on any atom is -1.00 e. The molecule has 0 aliphatic rings. The van der Waals surface area contributed by atoms with Gasteiger partial charge >= 0.3 is 88.4 Å². The molecule has 0 radical (unpaired) electrons. The van der Waals surface area contributed by atoms with Crippen LogP contribution in [0.15, 0.2) is 0 Å². The Labute approximate surface area is 152 Å². The molecule has 0 fully saturated rings. The number of hydrogen-bond donors (Lipinski definition) is 11. The first-order valence-electron chi connectivity index (χ1n) is 3.08. The summed E-state index contributed by atoms with van der Waals surface area (Å²) in [6, 6.07) is 0. The largest absolute Gasteiger partial charge is 1.00 e. The second-order valence-corrected chi connectivity index (χ2v) is 1.37. The quantitative estimate of drug-likeness (QED) is 0.187. The maximum atomic E-state index is 8.64. The molecule has 19 heavy (non-hydrogen) atoms. The molecular formula is H11B4FNa2O12. The predicted octanol–water partition coefficient (Wildman–Crippen LogP) is -17.8. The van der Waals surface area contributed by atoms with Crippen LogP contribution in [0, 0.1) is 0 Å². The Morgan fingerprint density at radius 1 is 0.474 bits per heavy atom. The van der Waals surface area contributed by atoms with E-state index in [-0.39, 0.29) is 63.8 Å². The van der Waals surface area contributed by atoms with Crippen LogP contribution < -0.4 is 68.8 Å². The molecule has 0 saturated heterocycles. The molecule has 0 atom stereocenters. The predicted molar refractivity (Wildman–Crippen MR) is 47.4 cm³/mol. The van der Waals surface area contributed by atoms with Gasteiger partial charge in [0.1, 0.15) is 0 Å². The third-order valence-corrected chi connectivity index (χ3v) is 0. The Hall–Kier alpha value is 1.71. The Morgan fingerprint density at radius 2 is 0.474 bits per heavy atom. The minimum atomic E-state index is -2.42. The standard InChI is InChI=1S/3BH3O3.BH2O3.FH.2Na/c4*2-1(3)4;;;/h3*2-4H;2-3H;1H;;/q;;;-1;;2*+1/p-1. The maximum Gasteiger partial charge on any atom is 1.00 e. The van der Waals surface area contributed by atoms with Gasteiger partial charge in [-0.15, -0.1) is 0 Å². The van der Waals surface area contributed by atoms with E-state index in [9.17, 15) is 0 Å². The molecule has 0 rings (SSSR count). The molecule has 0 aliphatic heterocycles. The van der Waals surface area contributed by atoms with Crippen molar-refractivity contribution in [2.45, 2.75) is 0 Å². The van der Waals surface area contributed by atoms with E-state index in [2.05, 4.69) is 0 Å². The van der Waals surface area contributed by atoms with Crippen LogP contribution in [0.5, 0.6) is 0 Å². The van der Waals surface area contributed by atoms with E-state index < -0.39 is 29.3 Å². The van der Waals surface area contributed by atoms with E-state index in [1.165, 1.54) is 0 Å². The first kappa shape index (κ1) is 42.8. The third kappa shape index (κ3) is 2110. The van der Waals surface area contributed by atoms with E-state index in [4.69, 9.17) is 60.3 Å². The SMILES string of the molecule is OB(O)O.OB(O)O.OB(O)O.[F-].[Na+].[Na+].[O-]B(O)O. The van der Waals surface area contributed by atoms with Gasteiger partial charge in [-0.3, -0.25) is 0 Å². The molecule has 104 valence electrons. The third-order valence-electron chi connectivity index (χ3n) is 0. The molecule has 0 bridgehead atoms. The van der Waals surface area contributed by atoms with Crippen molar-refractivity contribution >= 4 is 29.3 Å². The van der Waals surface area contributed by atoms with Crippen LogP contribution in [-0.4, -0.2) is 84.5 Å². The smallest absolute Gasteiger partial charge is 1.00 e. The van der Waals surface area contributed by atoms with Crippen LogP contribution in [0.25, 0.3) is 0 Å². The summed E-state index contributed by atoms with van der Waals surface area (Å²) in [5.41, 5.74) is 0. The van der Waals surface area contributed by atoms with Crippen LogP contribution in [-0.2, 0) is 0 Å². The summed E-state index contributed by atoms with van der Waals surface area (Å²) in [5.74, 6) is 0. The van der Waals surface area contributed by atoms with E-state index in [1.807, 2.05) is 0 Å². The van der Waals surface area contributed by atoms with Gasteiger partial charge in [0.2, 0.25) is 0 Å². The van der Waals surface area contributed by atoms with Crippen molar-refractivity contribution in [3.8, 4) is 0 Å². The van der Waals surface area contributed by atoms with Crippen molar-refractivity contribution in [1.29, 1.82) is 0 Å². The average Bonchev–Trinajstić information content (AvgIpc) is 1.76. The van der Waals surface area contributed by atoms with Gasteiger partial charge in [-0.25, -0.2) is 0 Å².